The average Bonchev–Trinajstić information content (AvgIpc) is 3.35. The molecule has 0 aliphatic heterocycles. The molecule has 1 atom stereocenters. The highest BCUT2D eigenvalue weighted by atomic mass is 19.1. The van der Waals surface area contributed by atoms with E-state index in [1.165, 1.54) is 55.9 Å². The highest BCUT2D eigenvalue weighted by Gasteiger charge is 2.29. The number of benzene rings is 2. The lowest BCUT2D eigenvalue weighted by atomic mass is 9.91. The van der Waals surface area contributed by atoms with Gasteiger partial charge >= 0.3 is 0 Å². The maximum absolute atomic E-state index is 14.9. The van der Waals surface area contributed by atoms with E-state index < -0.39 is 29.8 Å². The van der Waals surface area contributed by atoms with Gasteiger partial charge in [-0.25, -0.2) is 23.1 Å². The number of nitrogens with zero attached hydrogens (tertiary/aromatic N) is 4. The summed E-state index contributed by atoms with van der Waals surface area (Å²) in [6.45, 7) is 0. The number of aromatic nitrogens is 4. The lowest BCUT2D eigenvalue weighted by Gasteiger charge is -2.30. The number of hydrogen-bond acceptors (Lipinski definition) is 7. The number of amides is 1. The predicted molar refractivity (Wildman–Crippen MR) is 128 cm³/mol. The van der Waals surface area contributed by atoms with Crippen LogP contribution in [0.25, 0.3) is 10.9 Å². The third kappa shape index (κ3) is 4.99. The van der Waals surface area contributed by atoms with E-state index in [4.69, 9.17) is 9.57 Å². The molecule has 37 heavy (non-hydrogen) atoms. The van der Waals surface area contributed by atoms with Crippen LogP contribution in [0.1, 0.15) is 40.4 Å². The Bertz CT molecular complexity index is 1460. The Morgan fingerprint density at radius 2 is 1.92 bits per heavy atom. The third-order valence-electron chi connectivity index (χ3n) is 6.21. The molecule has 12 heteroatoms. The first-order chi connectivity index (χ1) is 17.8. The van der Waals surface area contributed by atoms with E-state index in [9.17, 15) is 18.0 Å². The Morgan fingerprint density at radius 3 is 2.59 bits per heavy atom. The minimum atomic E-state index is -0.853. The lowest BCUT2D eigenvalue weighted by molar-refractivity contribution is 0.0942. The highest BCUT2D eigenvalue weighted by molar-refractivity contribution is 5.98. The first-order valence-electron chi connectivity index (χ1n) is 11.4. The Labute approximate surface area is 209 Å². The molecule has 192 valence electrons. The van der Waals surface area contributed by atoms with Crippen molar-refractivity contribution < 1.29 is 27.5 Å². The van der Waals surface area contributed by atoms with Gasteiger partial charge in [-0.2, -0.15) is 0 Å². The normalized spacial score (nSPS) is 17.6. The largest absolute Gasteiger partial charge is 0.494 e. The van der Waals surface area contributed by atoms with Gasteiger partial charge in [-0.05, 0) is 42.7 Å². The second-order valence-corrected chi connectivity index (χ2v) is 8.65. The Kier molecular flexibility index (Phi) is 6.55. The van der Waals surface area contributed by atoms with Crippen LogP contribution in [-0.2, 0) is 0 Å². The summed E-state index contributed by atoms with van der Waals surface area (Å²) < 4.78 is 47.5. The van der Waals surface area contributed by atoms with E-state index in [1.54, 1.807) is 6.07 Å². The van der Waals surface area contributed by atoms with E-state index in [1.807, 2.05) is 0 Å². The SMILES string of the molecule is COc1ccc(C(NC(=O)c2cc(F)c3cnc(NC4CC(F)C4)nc3c2)c2cnn(OC)c2)cc1F. The molecule has 0 spiro atoms. The summed E-state index contributed by atoms with van der Waals surface area (Å²) >= 11 is 0. The van der Waals surface area contributed by atoms with Crippen molar-refractivity contribution in [3.8, 4) is 5.75 Å². The van der Waals surface area contributed by atoms with Gasteiger partial charge in [-0.3, -0.25) is 4.79 Å². The van der Waals surface area contributed by atoms with Crippen LogP contribution in [0, 0.1) is 11.6 Å². The van der Waals surface area contributed by atoms with Crippen molar-refractivity contribution in [1.82, 2.24) is 25.2 Å². The minimum absolute atomic E-state index is 0.000216. The Hall–Kier alpha value is -4.35. The molecule has 0 saturated heterocycles. The summed E-state index contributed by atoms with van der Waals surface area (Å²) in [5.74, 6) is -1.65. The van der Waals surface area contributed by atoms with E-state index >= 15 is 0 Å². The zero-order valence-electron chi connectivity index (χ0n) is 19.9. The predicted octanol–water partition coefficient (Wildman–Crippen LogP) is 3.60. The average molecular weight is 512 g/mol. The van der Waals surface area contributed by atoms with E-state index in [0.717, 1.165) is 6.07 Å². The number of nitrogens with one attached hydrogen (secondary N) is 2. The number of alkyl halides is 1. The van der Waals surface area contributed by atoms with Gasteiger partial charge in [-0.1, -0.05) is 6.07 Å². The molecule has 9 nitrogen and oxygen atoms in total. The minimum Gasteiger partial charge on any atom is -0.494 e. The zero-order chi connectivity index (χ0) is 26.1. The van der Waals surface area contributed by atoms with Crippen LogP contribution in [0.4, 0.5) is 19.1 Å². The Balaban J connectivity index is 1.45. The van der Waals surface area contributed by atoms with Gasteiger partial charge in [0.1, 0.15) is 19.1 Å². The van der Waals surface area contributed by atoms with Gasteiger partial charge in [0.2, 0.25) is 5.95 Å². The van der Waals surface area contributed by atoms with Crippen molar-refractivity contribution in [2.75, 3.05) is 19.5 Å². The first-order valence-corrected chi connectivity index (χ1v) is 11.4. The van der Waals surface area contributed by atoms with Gasteiger partial charge < -0.3 is 20.2 Å². The summed E-state index contributed by atoms with van der Waals surface area (Å²) in [5.41, 5.74) is 1.11. The van der Waals surface area contributed by atoms with Crippen molar-refractivity contribution in [1.29, 1.82) is 0 Å². The number of methoxy groups -OCH3 is 1. The zero-order valence-corrected chi connectivity index (χ0v) is 19.9. The lowest BCUT2D eigenvalue weighted by Crippen LogP contribution is -2.37. The molecule has 5 rings (SSSR count). The number of fused-ring (bicyclic) bond motifs is 1. The van der Waals surface area contributed by atoms with Gasteiger partial charge in [0.15, 0.2) is 11.6 Å². The number of anilines is 1. The fraction of sp³-hybridized carbons (Fsp3) is 0.280. The second kappa shape index (κ2) is 9.96. The summed E-state index contributed by atoms with van der Waals surface area (Å²) in [5, 5.41) is 9.99. The van der Waals surface area contributed by atoms with Gasteiger partial charge in [0, 0.05) is 23.4 Å². The van der Waals surface area contributed by atoms with Crippen molar-refractivity contribution in [2.24, 2.45) is 0 Å². The van der Waals surface area contributed by atoms with Crippen LogP contribution in [0.15, 0.2) is 48.9 Å². The standard InChI is InChI=1S/C25H23F3N6O3/c1-36-22-4-3-13(5-20(22)28)23(15-10-30-34(12-15)37-2)33-24(35)14-6-19(27)18-11-29-25(32-21(18)7-14)31-17-8-16(26)9-17/h3-7,10-12,16-17,23H,8-9H2,1-2H3,(H,33,35)(H,29,31,32). The molecule has 0 radical (unpaired) electrons. The van der Waals surface area contributed by atoms with Crippen LogP contribution in [-0.4, -0.2) is 52.3 Å². The van der Waals surface area contributed by atoms with E-state index in [2.05, 4.69) is 25.7 Å². The van der Waals surface area contributed by atoms with E-state index in [0.29, 0.717) is 24.0 Å². The summed E-state index contributed by atoms with van der Waals surface area (Å²) in [7, 11) is 2.77. The quantitative estimate of drug-likeness (QED) is 0.372. The Morgan fingerprint density at radius 1 is 1.11 bits per heavy atom. The van der Waals surface area contributed by atoms with Crippen LogP contribution >= 0.6 is 0 Å². The maximum Gasteiger partial charge on any atom is 0.252 e. The number of rotatable bonds is 8. The molecule has 2 aromatic carbocycles. The highest BCUT2D eigenvalue weighted by Crippen LogP contribution is 2.28. The number of carbonyl (C=O) groups excluding carboxylic acids is 1. The molecule has 1 amide bonds. The molecular formula is C25H23F3N6O3. The first kappa shape index (κ1) is 24.3. The maximum atomic E-state index is 14.9. The molecule has 2 aromatic heterocycles. The van der Waals surface area contributed by atoms with E-state index in [-0.39, 0.29) is 34.2 Å². The van der Waals surface area contributed by atoms with Crippen molar-refractivity contribution in [3.05, 3.63) is 77.2 Å². The number of hydrogen-bond donors (Lipinski definition) is 2. The molecule has 0 bridgehead atoms. The second-order valence-electron chi connectivity index (χ2n) is 8.65. The topological polar surface area (TPSA) is 103 Å². The monoisotopic (exact) mass is 512 g/mol. The molecule has 1 aliphatic carbocycles. The van der Waals surface area contributed by atoms with Crippen LogP contribution in [0.3, 0.4) is 0 Å². The van der Waals surface area contributed by atoms with Crippen LogP contribution in [0.2, 0.25) is 0 Å². The molecule has 4 aromatic rings. The fourth-order valence-electron chi connectivity index (χ4n) is 4.14. The van der Waals surface area contributed by atoms with Crippen LogP contribution < -0.4 is 20.2 Å². The molecule has 1 aliphatic rings. The van der Waals surface area contributed by atoms with Gasteiger partial charge in [0.25, 0.3) is 5.91 Å². The van der Waals surface area contributed by atoms with Crippen molar-refractivity contribution >= 4 is 22.8 Å². The van der Waals surface area contributed by atoms with Gasteiger partial charge in [-0.15, -0.1) is 9.94 Å². The fourth-order valence-corrected chi connectivity index (χ4v) is 4.14. The summed E-state index contributed by atoms with van der Waals surface area (Å²) in [6, 6.07) is 5.86. The van der Waals surface area contributed by atoms with Gasteiger partial charge in [0.05, 0.1) is 36.4 Å². The van der Waals surface area contributed by atoms with Crippen molar-refractivity contribution in [3.63, 3.8) is 0 Å². The summed E-state index contributed by atoms with van der Waals surface area (Å²) in [6.07, 6.45) is 4.16. The number of ether oxygens (including phenoxy) is 1. The molecule has 1 fully saturated rings. The molecule has 1 saturated carbocycles. The van der Waals surface area contributed by atoms with Crippen molar-refractivity contribution in [2.45, 2.75) is 31.1 Å². The molecule has 1 unspecified atom stereocenters. The number of carbonyl (C=O) groups is 1. The molecule has 2 N–H and O–H groups in total. The molecular weight excluding hydrogens is 489 g/mol. The molecule has 2 heterocycles. The van der Waals surface area contributed by atoms with Crippen LogP contribution in [0.5, 0.6) is 5.75 Å². The summed E-state index contributed by atoms with van der Waals surface area (Å²) in [4.78, 5) is 27.9. The number of halogens is 3. The third-order valence-corrected chi connectivity index (χ3v) is 6.21. The smallest absolute Gasteiger partial charge is 0.252 e.